The first-order chi connectivity index (χ1) is 12.8. The number of benzene rings is 1. The highest BCUT2D eigenvalue weighted by Crippen LogP contribution is 2.08. The molecule has 0 bridgehead atoms. The molecule has 1 aromatic carbocycles. The van der Waals surface area contributed by atoms with Crippen molar-refractivity contribution in [2.45, 2.75) is 19.9 Å². The Morgan fingerprint density at radius 2 is 1.96 bits per heavy atom. The largest absolute Gasteiger partial charge is 0.357 e. The van der Waals surface area contributed by atoms with Gasteiger partial charge in [0.15, 0.2) is 5.96 Å². The van der Waals surface area contributed by atoms with Gasteiger partial charge in [-0.1, -0.05) is 30.3 Å². The average Bonchev–Trinajstić information content (AvgIpc) is 3.22. The Labute approximate surface area is 154 Å². The molecular formula is C20H24N6. The molecule has 2 N–H and O–H groups in total. The third-order valence-corrected chi connectivity index (χ3v) is 3.89. The van der Waals surface area contributed by atoms with Gasteiger partial charge < -0.3 is 10.6 Å². The second kappa shape index (κ2) is 9.36. The van der Waals surface area contributed by atoms with Crippen molar-refractivity contribution in [3.8, 4) is 5.82 Å². The monoisotopic (exact) mass is 348 g/mol. The molecule has 0 radical (unpaired) electrons. The number of guanidine groups is 1. The minimum Gasteiger partial charge on any atom is -0.357 e. The van der Waals surface area contributed by atoms with Crippen molar-refractivity contribution in [2.75, 3.05) is 13.1 Å². The van der Waals surface area contributed by atoms with Crippen molar-refractivity contribution in [1.29, 1.82) is 0 Å². The van der Waals surface area contributed by atoms with Gasteiger partial charge in [0.1, 0.15) is 12.1 Å². The van der Waals surface area contributed by atoms with Gasteiger partial charge in [0.25, 0.3) is 0 Å². The Morgan fingerprint density at radius 1 is 1.08 bits per heavy atom. The Bertz CT molecular complexity index is 811. The second-order valence-electron chi connectivity index (χ2n) is 5.85. The fraction of sp³-hybridized carbons (Fsp3) is 0.250. The lowest BCUT2D eigenvalue weighted by Crippen LogP contribution is -2.38. The Balaban J connectivity index is 1.59. The maximum atomic E-state index is 4.68. The van der Waals surface area contributed by atoms with E-state index in [0.717, 1.165) is 36.9 Å². The minimum absolute atomic E-state index is 0.588. The van der Waals surface area contributed by atoms with E-state index >= 15 is 0 Å². The number of pyridine rings is 1. The highest BCUT2D eigenvalue weighted by atomic mass is 15.2. The zero-order valence-electron chi connectivity index (χ0n) is 15.0. The van der Waals surface area contributed by atoms with E-state index in [4.69, 9.17) is 0 Å². The lowest BCUT2D eigenvalue weighted by atomic mass is 10.1. The molecule has 3 rings (SSSR count). The van der Waals surface area contributed by atoms with Gasteiger partial charge in [-0.15, -0.1) is 0 Å². The summed E-state index contributed by atoms with van der Waals surface area (Å²) in [6.45, 7) is 4.32. The lowest BCUT2D eigenvalue weighted by molar-refractivity contribution is 0.799. The number of aromatic nitrogens is 3. The maximum absolute atomic E-state index is 4.68. The molecule has 0 aliphatic heterocycles. The van der Waals surface area contributed by atoms with Crippen LogP contribution >= 0.6 is 0 Å². The van der Waals surface area contributed by atoms with E-state index in [-0.39, 0.29) is 0 Å². The first kappa shape index (κ1) is 17.7. The summed E-state index contributed by atoms with van der Waals surface area (Å²) < 4.78 is 1.89. The van der Waals surface area contributed by atoms with E-state index in [9.17, 15) is 0 Å². The molecule has 0 amide bonds. The summed E-state index contributed by atoms with van der Waals surface area (Å²) in [6.07, 6.45) is 8.13. The van der Waals surface area contributed by atoms with Crippen molar-refractivity contribution in [1.82, 2.24) is 25.2 Å². The van der Waals surface area contributed by atoms with Crippen molar-refractivity contribution in [2.24, 2.45) is 4.99 Å². The van der Waals surface area contributed by atoms with Gasteiger partial charge in [-0.2, -0.15) is 0 Å². The summed E-state index contributed by atoms with van der Waals surface area (Å²) >= 11 is 0. The quantitative estimate of drug-likeness (QED) is 0.509. The molecule has 6 heteroatoms. The second-order valence-corrected chi connectivity index (χ2v) is 5.85. The molecule has 3 aromatic rings. The van der Waals surface area contributed by atoms with Gasteiger partial charge in [-0.25, -0.2) is 15.0 Å². The number of hydrogen-bond donors (Lipinski definition) is 2. The van der Waals surface area contributed by atoms with Gasteiger partial charge in [-0.05, 0) is 36.6 Å². The van der Waals surface area contributed by atoms with Crippen LogP contribution in [0.2, 0.25) is 0 Å². The first-order valence-corrected chi connectivity index (χ1v) is 8.84. The smallest absolute Gasteiger partial charge is 0.191 e. The molecule has 6 nitrogen and oxygen atoms in total. The van der Waals surface area contributed by atoms with Crippen molar-refractivity contribution >= 4 is 5.96 Å². The molecule has 26 heavy (non-hydrogen) atoms. The normalized spacial score (nSPS) is 11.3. The fourth-order valence-electron chi connectivity index (χ4n) is 2.58. The summed E-state index contributed by atoms with van der Waals surface area (Å²) in [5, 5.41) is 6.68. The highest BCUT2D eigenvalue weighted by molar-refractivity contribution is 5.79. The van der Waals surface area contributed by atoms with Crippen LogP contribution in [0.15, 0.2) is 72.4 Å². The maximum Gasteiger partial charge on any atom is 0.191 e. The lowest BCUT2D eigenvalue weighted by Gasteiger charge is -2.11. The van der Waals surface area contributed by atoms with Crippen LogP contribution in [0, 0.1) is 0 Å². The third kappa shape index (κ3) is 5.17. The number of nitrogens with one attached hydrogen (secondary N) is 2. The standard InChI is InChI=1S/C20H24N6/c1-2-22-20(24-11-8-17-6-4-3-5-7-17)25-15-18-9-10-23-19(14-18)26-13-12-21-16-26/h3-7,9-10,12-14,16H,2,8,11,15H2,1H3,(H2,22,24,25). The van der Waals surface area contributed by atoms with Gasteiger partial charge in [0, 0.05) is 31.7 Å². The summed E-state index contributed by atoms with van der Waals surface area (Å²) in [4.78, 5) is 13.1. The predicted molar refractivity (Wildman–Crippen MR) is 104 cm³/mol. The molecule has 0 atom stereocenters. The van der Waals surface area contributed by atoms with Crippen molar-refractivity contribution in [3.63, 3.8) is 0 Å². The Kier molecular flexibility index (Phi) is 6.36. The first-order valence-electron chi connectivity index (χ1n) is 8.84. The van der Waals surface area contributed by atoms with Crippen LogP contribution in [-0.4, -0.2) is 33.6 Å². The third-order valence-electron chi connectivity index (χ3n) is 3.89. The van der Waals surface area contributed by atoms with Crippen LogP contribution in [0.25, 0.3) is 5.82 Å². The molecule has 0 saturated carbocycles. The van der Waals surface area contributed by atoms with Gasteiger partial charge in [0.2, 0.25) is 0 Å². The van der Waals surface area contributed by atoms with Crippen LogP contribution in [0.3, 0.4) is 0 Å². The van der Waals surface area contributed by atoms with E-state index in [0.29, 0.717) is 6.54 Å². The number of imidazole rings is 1. The van der Waals surface area contributed by atoms with Crippen LogP contribution in [0.5, 0.6) is 0 Å². The van der Waals surface area contributed by atoms with Gasteiger partial charge in [0.05, 0.1) is 6.54 Å². The van der Waals surface area contributed by atoms with E-state index in [2.05, 4.69) is 56.8 Å². The zero-order valence-corrected chi connectivity index (χ0v) is 15.0. The molecular weight excluding hydrogens is 324 g/mol. The number of aliphatic imine (C=N–C) groups is 1. The van der Waals surface area contributed by atoms with Crippen LogP contribution < -0.4 is 10.6 Å². The van der Waals surface area contributed by atoms with Gasteiger partial charge >= 0.3 is 0 Å². The van der Waals surface area contributed by atoms with E-state index in [1.54, 1.807) is 18.7 Å². The Hall–Kier alpha value is -3.15. The predicted octanol–water partition coefficient (Wildman–Crippen LogP) is 2.57. The average molecular weight is 348 g/mol. The van der Waals surface area contributed by atoms with E-state index < -0.39 is 0 Å². The summed E-state index contributed by atoms with van der Waals surface area (Å²) in [5.41, 5.74) is 2.42. The zero-order chi connectivity index (χ0) is 18.0. The van der Waals surface area contributed by atoms with Gasteiger partial charge in [-0.3, -0.25) is 4.57 Å². The summed E-state index contributed by atoms with van der Waals surface area (Å²) in [7, 11) is 0. The molecule has 0 spiro atoms. The topological polar surface area (TPSA) is 67.1 Å². The van der Waals surface area contributed by atoms with E-state index in [1.165, 1.54) is 5.56 Å². The molecule has 0 fully saturated rings. The fourth-order valence-corrected chi connectivity index (χ4v) is 2.58. The minimum atomic E-state index is 0.588. The molecule has 0 saturated heterocycles. The molecule has 2 heterocycles. The van der Waals surface area contributed by atoms with Crippen LogP contribution in [0.1, 0.15) is 18.1 Å². The SMILES string of the molecule is CCNC(=NCc1ccnc(-n2ccnc2)c1)NCCc1ccccc1. The Morgan fingerprint density at radius 3 is 2.73 bits per heavy atom. The van der Waals surface area contributed by atoms with Crippen molar-refractivity contribution < 1.29 is 0 Å². The van der Waals surface area contributed by atoms with E-state index in [1.807, 2.05) is 29.0 Å². The van der Waals surface area contributed by atoms with Crippen LogP contribution in [-0.2, 0) is 13.0 Å². The molecule has 134 valence electrons. The molecule has 0 unspecified atom stereocenters. The molecule has 2 aromatic heterocycles. The molecule has 0 aliphatic carbocycles. The van der Waals surface area contributed by atoms with Crippen molar-refractivity contribution in [3.05, 3.63) is 78.5 Å². The summed E-state index contributed by atoms with van der Waals surface area (Å²) in [6, 6.07) is 14.5. The number of rotatable bonds is 7. The highest BCUT2D eigenvalue weighted by Gasteiger charge is 2.01. The summed E-state index contributed by atoms with van der Waals surface area (Å²) in [5.74, 6) is 1.67. The number of hydrogen-bond acceptors (Lipinski definition) is 3. The number of nitrogens with zero attached hydrogens (tertiary/aromatic N) is 4. The molecule has 0 aliphatic rings. The van der Waals surface area contributed by atoms with Crippen LogP contribution in [0.4, 0.5) is 0 Å².